The minimum absolute atomic E-state index is 0. The van der Waals surface area contributed by atoms with Crippen molar-refractivity contribution < 1.29 is 4.39 Å². The highest BCUT2D eigenvalue weighted by molar-refractivity contribution is 14.0. The third kappa shape index (κ3) is 6.08. The van der Waals surface area contributed by atoms with Gasteiger partial charge in [-0.25, -0.2) is 4.39 Å². The topological polar surface area (TPSA) is 39.7 Å². The van der Waals surface area contributed by atoms with Crippen LogP contribution in [0.1, 0.15) is 44.6 Å². The largest absolute Gasteiger partial charge is 0.357 e. The van der Waals surface area contributed by atoms with Gasteiger partial charge in [-0.3, -0.25) is 9.89 Å². The van der Waals surface area contributed by atoms with Crippen LogP contribution in [0.3, 0.4) is 0 Å². The molecule has 1 aromatic carbocycles. The van der Waals surface area contributed by atoms with Crippen LogP contribution in [0.5, 0.6) is 0 Å². The molecular formula is C20H32FIN4. The summed E-state index contributed by atoms with van der Waals surface area (Å²) in [7, 11) is 0. The Morgan fingerprint density at radius 2 is 2.00 bits per heavy atom. The lowest BCUT2D eigenvalue weighted by atomic mass is 10.1. The number of hydrogen-bond donors (Lipinski definition) is 2. The van der Waals surface area contributed by atoms with Crippen LogP contribution in [0.25, 0.3) is 0 Å². The summed E-state index contributed by atoms with van der Waals surface area (Å²) in [4.78, 5) is 7.29. The number of hydrogen-bond acceptors (Lipinski definition) is 2. The van der Waals surface area contributed by atoms with E-state index in [1.165, 1.54) is 44.7 Å². The molecule has 2 N–H and O–H groups in total. The van der Waals surface area contributed by atoms with Crippen molar-refractivity contribution in [2.45, 2.75) is 57.5 Å². The smallest absolute Gasteiger partial charge is 0.191 e. The molecule has 4 nitrogen and oxygen atoms in total. The fourth-order valence-corrected chi connectivity index (χ4v) is 4.01. The fraction of sp³-hybridized carbons (Fsp3) is 0.650. The van der Waals surface area contributed by atoms with E-state index in [0.717, 1.165) is 30.7 Å². The lowest BCUT2D eigenvalue weighted by Crippen LogP contribution is -2.45. The summed E-state index contributed by atoms with van der Waals surface area (Å²) >= 11 is 0. The van der Waals surface area contributed by atoms with Gasteiger partial charge in [-0.05, 0) is 44.2 Å². The second kappa shape index (κ2) is 11.1. The van der Waals surface area contributed by atoms with Crippen LogP contribution in [0, 0.1) is 5.82 Å². The number of guanidine groups is 1. The van der Waals surface area contributed by atoms with Crippen LogP contribution >= 0.6 is 24.0 Å². The van der Waals surface area contributed by atoms with Crippen molar-refractivity contribution in [3.8, 4) is 0 Å². The van der Waals surface area contributed by atoms with E-state index in [1.807, 2.05) is 12.1 Å². The van der Waals surface area contributed by atoms with Gasteiger partial charge >= 0.3 is 0 Å². The van der Waals surface area contributed by atoms with Crippen molar-refractivity contribution >= 4 is 29.9 Å². The number of nitrogens with zero attached hydrogens (tertiary/aromatic N) is 2. The average Bonchev–Trinajstić information content (AvgIpc) is 3.28. The standard InChI is InChI=1S/C20H31FN4.HI/c1-2-22-20(23-13-11-16-7-3-6-10-19(16)21)24-17-12-14-25(15-17)18-8-4-5-9-18;/h3,6-7,10,17-18H,2,4-5,8-9,11-15H2,1H3,(H2,22,23,24);1H. The van der Waals surface area contributed by atoms with Gasteiger partial charge in [0.15, 0.2) is 5.96 Å². The highest BCUT2D eigenvalue weighted by atomic mass is 127. The van der Waals surface area contributed by atoms with Crippen LogP contribution in [0.4, 0.5) is 4.39 Å². The molecule has 1 saturated heterocycles. The first-order valence-corrected chi connectivity index (χ1v) is 9.78. The van der Waals surface area contributed by atoms with Crippen LogP contribution in [0.2, 0.25) is 0 Å². The van der Waals surface area contributed by atoms with Crippen molar-refractivity contribution in [3.05, 3.63) is 35.6 Å². The van der Waals surface area contributed by atoms with E-state index in [-0.39, 0.29) is 29.8 Å². The van der Waals surface area contributed by atoms with Crippen LogP contribution in [-0.4, -0.2) is 49.1 Å². The molecule has 0 spiro atoms. The monoisotopic (exact) mass is 474 g/mol. The Hall–Kier alpha value is -0.890. The second-order valence-electron chi connectivity index (χ2n) is 7.17. The zero-order valence-corrected chi connectivity index (χ0v) is 18.0. The summed E-state index contributed by atoms with van der Waals surface area (Å²) in [6, 6.07) is 8.21. The molecule has 1 aromatic rings. The Morgan fingerprint density at radius 1 is 1.23 bits per heavy atom. The number of halogens is 2. The minimum Gasteiger partial charge on any atom is -0.357 e. The number of nitrogens with one attached hydrogen (secondary N) is 2. The molecule has 2 fully saturated rings. The summed E-state index contributed by atoms with van der Waals surface area (Å²) < 4.78 is 13.7. The molecule has 0 aromatic heterocycles. The molecule has 26 heavy (non-hydrogen) atoms. The van der Waals surface area contributed by atoms with Gasteiger partial charge in [0.25, 0.3) is 0 Å². The SMILES string of the molecule is CCNC(=NCCc1ccccc1F)NC1CCN(C2CCCC2)C1.I. The summed E-state index contributed by atoms with van der Waals surface area (Å²) in [6.45, 7) is 5.81. The molecule has 0 radical (unpaired) electrons. The zero-order valence-electron chi connectivity index (χ0n) is 15.7. The normalized spacial score (nSPS) is 21.6. The minimum atomic E-state index is -0.140. The number of likely N-dealkylation sites (tertiary alicyclic amines) is 1. The summed E-state index contributed by atoms with van der Waals surface area (Å²) in [5.74, 6) is 0.718. The average molecular weight is 474 g/mol. The van der Waals surface area contributed by atoms with Crippen molar-refractivity contribution in [1.29, 1.82) is 0 Å². The first kappa shape index (κ1) is 21.4. The molecule has 1 atom stereocenters. The van der Waals surface area contributed by atoms with Gasteiger partial charge in [0.1, 0.15) is 5.82 Å². The van der Waals surface area contributed by atoms with Crippen molar-refractivity contribution in [2.75, 3.05) is 26.2 Å². The molecule has 1 aliphatic carbocycles. The maximum absolute atomic E-state index is 13.7. The van der Waals surface area contributed by atoms with E-state index >= 15 is 0 Å². The van der Waals surface area contributed by atoms with Gasteiger partial charge in [-0.15, -0.1) is 24.0 Å². The zero-order chi connectivity index (χ0) is 17.5. The van der Waals surface area contributed by atoms with Gasteiger partial charge in [0.2, 0.25) is 0 Å². The molecule has 2 aliphatic rings. The Balaban J connectivity index is 0.00000243. The predicted octanol–water partition coefficient (Wildman–Crippen LogP) is 3.56. The molecule has 0 amide bonds. The Kier molecular flexibility index (Phi) is 9.11. The summed E-state index contributed by atoms with van der Waals surface area (Å²) in [5, 5.41) is 6.90. The van der Waals surface area contributed by atoms with E-state index in [4.69, 9.17) is 0 Å². The fourth-order valence-electron chi connectivity index (χ4n) is 4.01. The molecule has 0 bridgehead atoms. The molecule has 1 aliphatic heterocycles. The second-order valence-corrected chi connectivity index (χ2v) is 7.17. The number of aliphatic imine (C=N–C) groups is 1. The van der Waals surface area contributed by atoms with Gasteiger partial charge in [-0.1, -0.05) is 31.0 Å². The highest BCUT2D eigenvalue weighted by Crippen LogP contribution is 2.26. The number of benzene rings is 1. The van der Waals surface area contributed by atoms with E-state index in [1.54, 1.807) is 6.07 Å². The lowest BCUT2D eigenvalue weighted by Gasteiger charge is -2.24. The molecule has 3 rings (SSSR count). The maximum atomic E-state index is 13.7. The predicted molar refractivity (Wildman–Crippen MR) is 117 cm³/mol. The lowest BCUT2D eigenvalue weighted by molar-refractivity contribution is 0.242. The first-order chi connectivity index (χ1) is 12.3. The van der Waals surface area contributed by atoms with E-state index in [0.29, 0.717) is 19.0 Å². The maximum Gasteiger partial charge on any atom is 0.191 e. The summed E-state index contributed by atoms with van der Waals surface area (Å²) in [6.07, 6.45) is 7.31. The third-order valence-electron chi connectivity index (χ3n) is 5.35. The van der Waals surface area contributed by atoms with Gasteiger partial charge in [0, 0.05) is 38.3 Å². The van der Waals surface area contributed by atoms with Gasteiger partial charge in [-0.2, -0.15) is 0 Å². The molecule has 1 saturated carbocycles. The Labute approximate surface area is 174 Å². The van der Waals surface area contributed by atoms with Crippen LogP contribution < -0.4 is 10.6 Å². The van der Waals surface area contributed by atoms with E-state index < -0.39 is 0 Å². The molecule has 1 unspecified atom stereocenters. The quantitative estimate of drug-likeness (QED) is 0.377. The molecule has 1 heterocycles. The third-order valence-corrected chi connectivity index (χ3v) is 5.35. The summed E-state index contributed by atoms with van der Waals surface area (Å²) in [5.41, 5.74) is 0.732. The molecular weight excluding hydrogens is 442 g/mol. The van der Waals surface area contributed by atoms with Crippen molar-refractivity contribution in [2.24, 2.45) is 4.99 Å². The number of rotatable bonds is 6. The highest BCUT2D eigenvalue weighted by Gasteiger charge is 2.30. The molecule has 6 heteroatoms. The Morgan fingerprint density at radius 3 is 2.73 bits per heavy atom. The van der Waals surface area contributed by atoms with Crippen molar-refractivity contribution in [1.82, 2.24) is 15.5 Å². The van der Waals surface area contributed by atoms with Crippen LogP contribution in [-0.2, 0) is 6.42 Å². The molecule has 146 valence electrons. The first-order valence-electron chi connectivity index (χ1n) is 9.78. The van der Waals surface area contributed by atoms with E-state index in [9.17, 15) is 4.39 Å². The van der Waals surface area contributed by atoms with Crippen molar-refractivity contribution in [3.63, 3.8) is 0 Å². The van der Waals surface area contributed by atoms with Crippen LogP contribution in [0.15, 0.2) is 29.3 Å². The van der Waals surface area contributed by atoms with Gasteiger partial charge < -0.3 is 10.6 Å². The van der Waals surface area contributed by atoms with E-state index in [2.05, 4.69) is 27.4 Å². The van der Waals surface area contributed by atoms with Gasteiger partial charge in [0.05, 0.1) is 0 Å². The Bertz CT molecular complexity index is 575.